The summed E-state index contributed by atoms with van der Waals surface area (Å²) in [4.78, 5) is 22.8. The largest absolute Gasteiger partial charge is 0.543 e. The Morgan fingerprint density at radius 3 is 2.54 bits per heavy atom. The highest BCUT2D eigenvalue weighted by Crippen LogP contribution is 2.21. The van der Waals surface area contributed by atoms with E-state index >= 15 is 0 Å². The van der Waals surface area contributed by atoms with Crippen molar-refractivity contribution in [1.82, 2.24) is 4.57 Å². The zero-order chi connectivity index (χ0) is 18.5. The molecule has 0 bridgehead atoms. The number of para-hydroxylation sites is 1. The van der Waals surface area contributed by atoms with Crippen LogP contribution in [-0.2, 0) is 16.1 Å². The average Bonchev–Trinajstić information content (AvgIpc) is 3.00. The quantitative estimate of drug-likeness (QED) is 0.507. The van der Waals surface area contributed by atoms with Crippen LogP contribution in [0.3, 0.4) is 0 Å². The number of carbonyl (C=O) groups excluding carboxylic acids is 2. The first kappa shape index (κ1) is 17.5. The molecule has 5 heteroatoms. The number of aromatic nitrogens is 1. The van der Waals surface area contributed by atoms with Crippen LogP contribution in [0.2, 0.25) is 0 Å². The van der Waals surface area contributed by atoms with E-state index in [2.05, 4.69) is 0 Å². The van der Waals surface area contributed by atoms with Gasteiger partial charge in [0.2, 0.25) is 0 Å². The molecule has 0 atom stereocenters. The molecule has 2 aromatic carbocycles. The van der Waals surface area contributed by atoms with Gasteiger partial charge in [0.25, 0.3) is 0 Å². The van der Waals surface area contributed by atoms with Gasteiger partial charge < -0.3 is 19.2 Å². The van der Waals surface area contributed by atoms with Gasteiger partial charge in [-0.15, -0.1) is 0 Å². The van der Waals surface area contributed by atoms with Crippen molar-refractivity contribution in [3.8, 4) is 0 Å². The van der Waals surface area contributed by atoms with Gasteiger partial charge in [-0.2, -0.15) is 0 Å². The molecule has 0 saturated heterocycles. The number of ether oxygens (including phenoxy) is 1. The number of esters is 1. The summed E-state index contributed by atoms with van der Waals surface area (Å²) in [5.74, 6) is -1.58. The molecule has 1 heterocycles. The molecule has 0 spiro atoms. The van der Waals surface area contributed by atoms with E-state index in [4.69, 9.17) is 4.74 Å². The van der Waals surface area contributed by atoms with Gasteiger partial charge in [-0.1, -0.05) is 42.5 Å². The zero-order valence-electron chi connectivity index (χ0n) is 14.3. The Labute approximate surface area is 151 Å². The highest BCUT2D eigenvalue weighted by atomic mass is 16.5. The van der Waals surface area contributed by atoms with Crippen molar-refractivity contribution in [2.75, 3.05) is 6.61 Å². The minimum absolute atomic E-state index is 0.150. The summed E-state index contributed by atoms with van der Waals surface area (Å²) < 4.78 is 6.57. The number of hydrogen-bond donors (Lipinski definition) is 0. The van der Waals surface area contributed by atoms with Gasteiger partial charge in [0.1, 0.15) is 0 Å². The van der Waals surface area contributed by atoms with Crippen LogP contribution < -0.4 is 5.11 Å². The summed E-state index contributed by atoms with van der Waals surface area (Å²) in [6.45, 7) is 2.51. The van der Waals surface area contributed by atoms with Crippen molar-refractivity contribution in [3.63, 3.8) is 0 Å². The summed E-state index contributed by atoms with van der Waals surface area (Å²) in [5.41, 5.74) is 2.80. The Morgan fingerprint density at radius 2 is 1.85 bits per heavy atom. The van der Waals surface area contributed by atoms with E-state index in [1.54, 1.807) is 23.6 Å². The SMILES string of the molecule is CCOC(=O)/C=C/c1ccc(Cn2c(C(=O)[O-])cc3ccccc32)cc1. The second kappa shape index (κ2) is 7.70. The van der Waals surface area contributed by atoms with Crippen molar-refractivity contribution in [2.24, 2.45) is 0 Å². The van der Waals surface area contributed by atoms with E-state index in [-0.39, 0.29) is 11.7 Å². The van der Waals surface area contributed by atoms with Crippen molar-refractivity contribution in [3.05, 3.63) is 77.5 Å². The lowest BCUT2D eigenvalue weighted by atomic mass is 10.1. The van der Waals surface area contributed by atoms with E-state index < -0.39 is 5.97 Å². The number of benzene rings is 2. The topological polar surface area (TPSA) is 71.4 Å². The summed E-state index contributed by atoms with van der Waals surface area (Å²) in [6.07, 6.45) is 3.06. The predicted molar refractivity (Wildman–Crippen MR) is 97.5 cm³/mol. The molecule has 26 heavy (non-hydrogen) atoms. The number of hydrogen-bond acceptors (Lipinski definition) is 4. The molecule has 0 fully saturated rings. The van der Waals surface area contributed by atoms with Gasteiger partial charge in [0, 0.05) is 23.5 Å². The molecule has 0 saturated carbocycles. The molecule has 5 nitrogen and oxygen atoms in total. The van der Waals surface area contributed by atoms with Gasteiger partial charge >= 0.3 is 5.97 Å². The third-order valence-corrected chi connectivity index (χ3v) is 4.04. The Hall–Kier alpha value is -3.34. The number of rotatable bonds is 6. The zero-order valence-corrected chi connectivity index (χ0v) is 14.3. The fourth-order valence-electron chi connectivity index (χ4n) is 2.82. The van der Waals surface area contributed by atoms with Crippen LogP contribution in [0.15, 0.2) is 60.7 Å². The summed E-state index contributed by atoms with van der Waals surface area (Å²) in [6, 6.07) is 16.7. The van der Waals surface area contributed by atoms with E-state index in [0.29, 0.717) is 13.2 Å². The molecule has 3 aromatic rings. The third kappa shape index (κ3) is 3.83. The highest BCUT2D eigenvalue weighted by Gasteiger charge is 2.09. The van der Waals surface area contributed by atoms with Crippen LogP contribution in [0.1, 0.15) is 28.5 Å². The normalized spacial score (nSPS) is 11.1. The molecule has 1 aromatic heterocycles. The predicted octanol–water partition coefficient (Wildman–Crippen LogP) is 2.63. The Bertz CT molecular complexity index is 967. The lowest BCUT2D eigenvalue weighted by Crippen LogP contribution is -2.25. The van der Waals surface area contributed by atoms with Crippen molar-refractivity contribution < 1.29 is 19.4 Å². The maximum Gasteiger partial charge on any atom is 0.330 e. The first-order valence-electron chi connectivity index (χ1n) is 8.32. The van der Waals surface area contributed by atoms with Gasteiger partial charge in [0.05, 0.1) is 18.3 Å². The molecule has 0 amide bonds. The Balaban J connectivity index is 1.84. The molecular weight excluding hydrogens is 330 g/mol. The summed E-state index contributed by atoms with van der Waals surface area (Å²) >= 11 is 0. The van der Waals surface area contributed by atoms with Crippen LogP contribution in [-0.4, -0.2) is 23.1 Å². The molecular formula is C21H18NO4-. The molecule has 132 valence electrons. The second-order valence-corrected chi connectivity index (χ2v) is 5.79. The van der Waals surface area contributed by atoms with Crippen LogP contribution in [0.4, 0.5) is 0 Å². The van der Waals surface area contributed by atoms with Crippen LogP contribution in [0.5, 0.6) is 0 Å². The number of nitrogens with zero attached hydrogens (tertiary/aromatic N) is 1. The van der Waals surface area contributed by atoms with Gasteiger partial charge in [-0.05, 0) is 36.3 Å². The van der Waals surface area contributed by atoms with Crippen LogP contribution >= 0.6 is 0 Å². The monoisotopic (exact) mass is 348 g/mol. The first-order chi connectivity index (χ1) is 12.6. The summed E-state index contributed by atoms with van der Waals surface area (Å²) in [5, 5.41) is 12.3. The van der Waals surface area contributed by atoms with E-state index in [9.17, 15) is 14.7 Å². The molecule has 0 aliphatic heterocycles. The number of fused-ring (bicyclic) bond motifs is 1. The van der Waals surface area contributed by atoms with E-state index in [0.717, 1.165) is 22.0 Å². The molecule has 0 aliphatic carbocycles. The first-order valence-corrected chi connectivity index (χ1v) is 8.32. The fraction of sp³-hybridized carbons (Fsp3) is 0.143. The van der Waals surface area contributed by atoms with Gasteiger partial charge in [0.15, 0.2) is 0 Å². The van der Waals surface area contributed by atoms with E-state index in [1.807, 2.05) is 48.5 Å². The number of aromatic carboxylic acids is 1. The minimum Gasteiger partial charge on any atom is -0.543 e. The van der Waals surface area contributed by atoms with Gasteiger partial charge in [-0.3, -0.25) is 0 Å². The maximum atomic E-state index is 11.5. The molecule has 0 unspecified atom stereocenters. The highest BCUT2D eigenvalue weighted by molar-refractivity contribution is 5.93. The Morgan fingerprint density at radius 1 is 1.12 bits per heavy atom. The average molecular weight is 348 g/mol. The third-order valence-electron chi connectivity index (χ3n) is 4.04. The summed E-state index contributed by atoms with van der Waals surface area (Å²) in [7, 11) is 0. The lowest BCUT2D eigenvalue weighted by Gasteiger charge is -2.12. The van der Waals surface area contributed by atoms with E-state index in [1.165, 1.54) is 6.08 Å². The number of carbonyl (C=O) groups is 2. The van der Waals surface area contributed by atoms with Gasteiger partial charge in [-0.25, -0.2) is 4.79 Å². The number of carboxylic acids is 1. The smallest absolute Gasteiger partial charge is 0.330 e. The Kier molecular flexibility index (Phi) is 5.17. The van der Waals surface area contributed by atoms with Crippen molar-refractivity contribution in [2.45, 2.75) is 13.5 Å². The standard InChI is InChI=1S/C21H19NO4/c1-2-26-20(23)12-11-15-7-9-16(10-8-15)14-22-18-6-4-3-5-17(18)13-19(22)21(24)25/h3-13H,2,14H2,1H3,(H,24,25)/p-1/b12-11+. The maximum absolute atomic E-state index is 11.5. The molecule has 0 radical (unpaired) electrons. The molecule has 3 rings (SSSR count). The van der Waals surface area contributed by atoms with Crippen molar-refractivity contribution in [1.29, 1.82) is 0 Å². The van der Waals surface area contributed by atoms with Crippen LogP contribution in [0.25, 0.3) is 17.0 Å². The minimum atomic E-state index is -1.20. The number of carboxylic acid groups (broad SMARTS) is 1. The lowest BCUT2D eigenvalue weighted by molar-refractivity contribution is -0.255. The van der Waals surface area contributed by atoms with Crippen LogP contribution in [0, 0.1) is 0 Å². The molecule has 0 N–H and O–H groups in total. The molecule has 0 aliphatic rings. The second-order valence-electron chi connectivity index (χ2n) is 5.79. The fourth-order valence-corrected chi connectivity index (χ4v) is 2.82. The van der Waals surface area contributed by atoms with Crippen molar-refractivity contribution >= 4 is 28.9 Å².